The Bertz CT molecular complexity index is 515. The van der Waals surface area contributed by atoms with E-state index in [0.29, 0.717) is 13.0 Å². The molecule has 0 aliphatic carbocycles. The first-order chi connectivity index (χ1) is 9.31. The third-order valence-corrected chi connectivity index (χ3v) is 2.87. The Balaban J connectivity index is 2.11. The van der Waals surface area contributed by atoms with Crippen molar-refractivity contribution in [2.75, 3.05) is 13.2 Å². The number of aliphatic hydroxyl groups excluding tert-OH is 1. The number of benzene rings is 1. The van der Waals surface area contributed by atoms with Crippen LogP contribution < -0.4 is 5.32 Å². The number of pyridine rings is 1. The van der Waals surface area contributed by atoms with E-state index in [1.54, 1.807) is 12.3 Å². The number of hydrogen-bond acceptors (Lipinski definition) is 4. The van der Waals surface area contributed by atoms with E-state index in [9.17, 15) is 5.11 Å². The molecule has 0 amide bonds. The molecule has 1 aromatic carbocycles. The molecule has 100 valence electrons. The Morgan fingerprint density at radius 3 is 2.79 bits per heavy atom. The fraction of sp³-hybridized carbons (Fsp3) is 0.267. The van der Waals surface area contributed by atoms with Crippen LogP contribution in [0.15, 0.2) is 42.6 Å². The minimum absolute atomic E-state index is 0.174. The first-order valence-corrected chi connectivity index (χ1v) is 6.36. The van der Waals surface area contributed by atoms with Crippen molar-refractivity contribution in [3.8, 4) is 17.0 Å². The summed E-state index contributed by atoms with van der Waals surface area (Å²) in [5.41, 5.74) is 2.71. The average molecular weight is 258 g/mol. The normalized spacial score (nSPS) is 10.6. The fourth-order valence-electron chi connectivity index (χ4n) is 1.85. The van der Waals surface area contributed by atoms with E-state index < -0.39 is 0 Å². The molecule has 0 saturated carbocycles. The summed E-state index contributed by atoms with van der Waals surface area (Å²) in [6, 6.07) is 11.2. The number of aromatic hydroxyl groups is 1. The molecule has 0 aliphatic heterocycles. The summed E-state index contributed by atoms with van der Waals surface area (Å²) >= 11 is 0. The Labute approximate surface area is 112 Å². The number of phenols is 1. The van der Waals surface area contributed by atoms with Crippen molar-refractivity contribution in [1.82, 2.24) is 10.3 Å². The molecular formula is C15H18N2O2. The van der Waals surface area contributed by atoms with E-state index in [1.807, 2.05) is 30.3 Å². The van der Waals surface area contributed by atoms with Crippen LogP contribution in [0, 0.1) is 0 Å². The predicted molar refractivity (Wildman–Crippen MR) is 74.7 cm³/mol. The van der Waals surface area contributed by atoms with Gasteiger partial charge >= 0.3 is 0 Å². The zero-order valence-corrected chi connectivity index (χ0v) is 10.7. The smallest absolute Gasteiger partial charge is 0.120 e. The molecule has 0 aliphatic rings. The summed E-state index contributed by atoms with van der Waals surface area (Å²) in [6.07, 6.45) is 2.46. The summed E-state index contributed by atoms with van der Waals surface area (Å²) in [7, 11) is 0. The number of aliphatic hydroxyl groups is 1. The van der Waals surface area contributed by atoms with Gasteiger partial charge in [-0.2, -0.15) is 0 Å². The van der Waals surface area contributed by atoms with Crippen LogP contribution in [0.4, 0.5) is 0 Å². The lowest BCUT2D eigenvalue weighted by molar-refractivity contribution is 0.286. The van der Waals surface area contributed by atoms with Crippen LogP contribution in [-0.4, -0.2) is 28.3 Å². The highest BCUT2D eigenvalue weighted by molar-refractivity contribution is 5.61. The van der Waals surface area contributed by atoms with Crippen LogP contribution in [-0.2, 0) is 6.54 Å². The molecule has 0 saturated heterocycles. The number of nitrogens with one attached hydrogen (secondary N) is 1. The van der Waals surface area contributed by atoms with Crippen molar-refractivity contribution >= 4 is 0 Å². The van der Waals surface area contributed by atoms with Gasteiger partial charge < -0.3 is 15.5 Å². The maximum absolute atomic E-state index is 9.83. The van der Waals surface area contributed by atoms with Crippen LogP contribution in [0.5, 0.6) is 5.75 Å². The molecule has 0 unspecified atom stereocenters. The summed E-state index contributed by atoms with van der Waals surface area (Å²) in [4.78, 5) is 4.29. The van der Waals surface area contributed by atoms with Gasteiger partial charge in [-0.15, -0.1) is 0 Å². The van der Waals surface area contributed by atoms with Crippen LogP contribution in [0.25, 0.3) is 11.3 Å². The maximum atomic E-state index is 9.83. The predicted octanol–water partition coefficient (Wildman–Crippen LogP) is 1.93. The van der Waals surface area contributed by atoms with E-state index in [0.717, 1.165) is 23.4 Å². The Kier molecular flexibility index (Phi) is 4.89. The zero-order valence-electron chi connectivity index (χ0n) is 10.7. The van der Waals surface area contributed by atoms with Gasteiger partial charge in [-0.25, -0.2) is 0 Å². The number of phenolic OH excluding ortho intramolecular Hbond substituents is 1. The molecule has 2 rings (SSSR count). The standard InChI is InChI=1S/C15H18N2O2/c18-9-3-7-16-11-13-10-12(5-6-15(13)19)14-4-1-2-8-17-14/h1-2,4-6,8,10,16,18-19H,3,7,9,11H2. The lowest BCUT2D eigenvalue weighted by Crippen LogP contribution is -2.15. The molecule has 1 heterocycles. The highest BCUT2D eigenvalue weighted by atomic mass is 16.3. The van der Waals surface area contributed by atoms with Gasteiger partial charge in [-0.05, 0) is 43.3 Å². The molecule has 2 aromatic rings. The van der Waals surface area contributed by atoms with Crippen molar-refractivity contribution in [1.29, 1.82) is 0 Å². The summed E-state index contributed by atoms with van der Waals surface area (Å²) in [6.45, 7) is 1.48. The van der Waals surface area contributed by atoms with Gasteiger partial charge in [-0.1, -0.05) is 6.07 Å². The minimum Gasteiger partial charge on any atom is -0.508 e. The molecule has 1 aromatic heterocycles. The molecule has 0 radical (unpaired) electrons. The quantitative estimate of drug-likeness (QED) is 0.693. The fourth-order valence-corrected chi connectivity index (χ4v) is 1.85. The Hall–Kier alpha value is -1.91. The molecule has 4 nitrogen and oxygen atoms in total. The summed E-state index contributed by atoms with van der Waals surface area (Å²) in [5, 5.41) is 21.7. The van der Waals surface area contributed by atoms with Crippen LogP contribution in [0.2, 0.25) is 0 Å². The van der Waals surface area contributed by atoms with Crippen molar-refractivity contribution in [3.63, 3.8) is 0 Å². The van der Waals surface area contributed by atoms with Gasteiger partial charge in [0.25, 0.3) is 0 Å². The summed E-state index contributed by atoms with van der Waals surface area (Å²) in [5.74, 6) is 0.274. The van der Waals surface area contributed by atoms with E-state index in [1.165, 1.54) is 0 Å². The van der Waals surface area contributed by atoms with Crippen LogP contribution in [0.1, 0.15) is 12.0 Å². The number of nitrogens with zero attached hydrogens (tertiary/aromatic N) is 1. The third-order valence-electron chi connectivity index (χ3n) is 2.87. The topological polar surface area (TPSA) is 65.4 Å². The third kappa shape index (κ3) is 3.77. The number of aromatic nitrogens is 1. The van der Waals surface area contributed by atoms with Crippen molar-refractivity contribution in [2.24, 2.45) is 0 Å². The van der Waals surface area contributed by atoms with Crippen molar-refractivity contribution in [2.45, 2.75) is 13.0 Å². The van der Waals surface area contributed by atoms with E-state index in [2.05, 4.69) is 10.3 Å². The molecular weight excluding hydrogens is 240 g/mol. The highest BCUT2D eigenvalue weighted by Crippen LogP contribution is 2.24. The second-order valence-electron chi connectivity index (χ2n) is 4.31. The molecule has 0 spiro atoms. The van der Waals surface area contributed by atoms with Gasteiger partial charge in [0.15, 0.2) is 0 Å². The number of rotatable bonds is 6. The average Bonchev–Trinajstić information content (AvgIpc) is 2.46. The molecule has 0 fully saturated rings. The largest absolute Gasteiger partial charge is 0.508 e. The molecule has 0 bridgehead atoms. The van der Waals surface area contributed by atoms with Crippen molar-refractivity contribution < 1.29 is 10.2 Å². The van der Waals surface area contributed by atoms with Crippen LogP contribution >= 0.6 is 0 Å². The SMILES string of the molecule is OCCCNCc1cc(-c2ccccn2)ccc1O. The van der Waals surface area contributed by atoms with Gasteiger partial charge in [0.1, 0.15) is 5.75 Å². The Morgan fingerprint density at radius 1 is 1.16 bits per heavy atom. The second kappa shape index (κ2) is 6.87. The molecule has 19 heavy (non-hydrogen) atoms. The van der Waals surface area contributed by atoms with Gasteiger partial charge in [-0.3, -0.25) is 4.98 Å². The molecule has 0 atom stereocenters. The maximum Gasteiger partial charge on any atom is 0.120 e. The van der Waals surface area contributed by atoms with E-state index in [-0.39, 0.29) is 12.4 Å². The van der Waals surface area contributed by atoms with Crippen molar-refractivity contribution in [3.05, 3.63) is 48.2 Å². The van der Waals surface area contributed by atoms with Crippen LogP contribution in [0.3, 0.4) is 0 Å². The van der Waals surface area contributed by atoms with Gasteiger partial charge in [0.2, 0.25) is 0 Å². The van der Waals surface area contributed by atoms with Gasteiger partial charge in [0.05, 0.1) is 5.69 Å². The monoisotopic (exact) mass is 258 g/mol. The second-order valence-corrected chi connectivity index (χ2v) is 4.31. The molecule has 4 heteroatoms. The van der Waals surface area contributed by atoms with E-state index >= 15 is 0 Å². The van der Waals surface area contributed by atoms with Gasteiger partial charge in [0, 0.05) is 30.5 Å². The van der Waals surface area contributed by atoms with E-state index in [4.69, 9.17) is 5.11 Å². The lowest BCUT2D eigenvalue weighted by atomic mass is 10.1. The minimum atomic E-state index is 0.174. The first-order valence-electron chi connectivity index (χ1n) is 6.36. The Morgan fingerprint density at radius 2 is 2.05 bits per heavy atom. The number of hydrogen-bond donors (Lipinski definition) is 3. The highest BCUT2D eigenvalue weighted by Gasteiger charge is 2.04. The first kappa shape index (κ1) is 13.5. The molecule has 3 N–H and O–H groups in total. The summed E-state index contributed by atoms with van der Waals surface area (Å²) < 4.78 is 0. The zero-order chi connectivity index (χ0) is 13.5. The lowest BCUT2D eigenvalue weighted by Gasteiger charge is -2.08.